The van der Waals surface area contributed by atoms with Gasteiger partial charge in [-0.05, 0) is 31.7 Å². The van der Waals surface area contributed by atoms with E-state index in [0.717, 1.165) is 29.6 Å². The molecule has 0 radical (unpaired) electrons. The Kier molecular flexibility index (Phi) is 5.26. The summed E-state index contributed by atoms with van der Waals surface area (Å²) in [4.78, 5) is 19.2. The normalized spacial score (nSPS) is 16.0. The lowest BCUT2D eigenvalue weighted by atomic mass is 10.0. The molecule has 1 saturated heterocycles. The van der Waals surface area contributed by atoms with Crippen molar-refractivity contribution in [2.24, 2.45) is 5.73 Å². The maximum absolute atomic E-state index is 12.9. The van der Waals surface area contributed by atoms with Crippen LogP contribution in [0.15, 0.2) is 10.6 Å². The van der Waals surface area contributed by atoms with Crippen LogP contribution in [0.2, 0.25) is 0 Å². The fourth-order valence-corrected chi connectivity index (χ4v) is 2.93. The first-order valence-electron chi connectivity index (χ1n) is 7.79. The van der Waals surface area contributed by atoms with Crippen LogP contribution in [0, 0.1) is 6.92 Å². The maximum Gasteiger partial charge on any atom is 0.259 e. The standard InChI is InChI=1S/C16H22N4O2.ClH/c1-9(2)14-13-12(8-10(3)18-15(13)22-19-14)16(21)20-6-4-11(17)5-7-20;/h8-9,11H,4-7,17H2,1-3H3;1H. The fourth-order valence-electron chi connectivity index (χ4n) is 2.93. The molecule has 3 heterocycles. The number of hydrogen-bond acceptors (Lipinski definition) is 5. The Bertz CT molecular complexity index is 705. The number of fused-ring (bicyclic) bond motifs is 1. The molecule has 0 aliphatic carbocycles. The number of aryl methyl sites for hydroxylation is 1. The molecule has 0 unspecified atom stereocenters. The van der Waals surface area contributed by atoms with Crippen molar-refractivity contribution < 1.29 is 9.32 Å². The lowest BCUT2D eigenvalue weighted by molar-refractivity contribution is 0.0716. The number of carbonyl (C=O) groups is 1. The summed E-state index contributed by atoms with van der Waals surface area (Å²) in [7, 11) is 0. The summed E-state index contributed by atoms with van der Waals surface area (Å²) >= 11 is 0. The first-order valence-corrected chi connectivity index (χ1v) is 7.79. The molecular weight excluding hydrogens is 316 g/mol. The van der Waals surface area contributed by atoms with Gasteiger partial charge in [-0.2, -0.15) is 0 Å². The average molecular weight is 339 g/mol. The van der Waals surface area contributed by atoms with E-state index in [9.17, 15) is 4.79 Å². The third-order valence-electron chi connectivity index (χ3n) is 4.21. The number of nitrogens with two attached hydrogens (primary N) is 1. The smallest absolute Gasteiger partial charge is 0.259 e. The highest BCUT2D eigenvalue weighted by atomic mass is 35.5. The first kappa shape index (κ1) is 17.7. The van der Waals surface area contributed by atoms with E-state index in [1.54, 1.807) is 0 Å². The number of likely N-dealkylation sites (tertiary alicyclic amines) is 1. The van der Waals surface area contributed by atoms with Crippen molar-refractivity contribution in [2.75, 3.05) is 13.1 Å². The van der Waals surface area contributed by atoms with Crippen LogP contribution >= 0.6 is 12.4 Å². The SMILES string of the molecule is Cc1cc(C(=O)N2CCC(N)CC2)c2c(C(C)C)noc2n1.Cl. The monoisotopic (exact) mass is 338 g/mol. The number of piperidine rings is 1. The molecule has 0 saturated carbocycles. The molecule has 7 heteroatoms. The zero-order chi connectivity index (χ0) is 15.9. The molecule has 1 aliphatic rings. The van der Waals surface area contributed by atoms with E-state index >= 15 is 0 Å². The Morgan fingerprint density at radius 2 is 2.04 bits per heavy atom. The van der Waals surface area contributed by atoms with Gasteiger partial charge >= 0.3 is 0 Å². The van der Waals surface area contributed by atoms with Crippen molar-refractivity contribution in [3.8, 4) is 0 Å². The van der Waals surface area contributed by atoms with Gasteiger partial charge in [0, 0.05) is 24.8 Å². The van der Waals surface area contributed by atoms with Crippen molar-refractivity contribution in [3.63, 3.8) is 0 Å². The zero-order valence-corrected chi connectivity index (χ0v) is 14.5. The number of hydrogen-bond donors (Lipinski definition) is 1. The topological polar surface area (TPSA) is 85.2 Å². The van der Waals surface area contributed by atoms with E-state index in [2.05, 4.69) is 10.1 Å². The van der Waals surface area contributed by atoms with E-state index in [1.165, 1.54) is 0 Å². The molecule has 2 aromatic heterocycles. The number of rotatable bonds is 2. The van der Waals surface area contributed by atoms with Gasteiger partial charge in [-0.15, -0.1) is 12.4 Å². The predicted octanol–water partition coefficient (Wildman–Crippen LogP) is 2.64. The summed E-state index contributed by atoms with van der Waals surface area (Å²) in [6, 6.07) is 2.03. The first-order chi connectivity index (χ1) is 10.5. The second-order valence-electron chi connectivity index (χ2n) is 6.34. The molecule has 0 atom stereocenters. The Morgan fingerprint density at radius 1 is 1.39 bits per heavy atom. The Morgan fingerprint density at radius 3 is 2.65 bits per heavy atom. The minimum atomic E-state index is 0. The second kappa shape index (κ2) is 6.84. The Labute approximate surface area is 141 Å². The lowest BCUT2D eigenvalue weighted by Gasteiger charge is -2.30. The van der Waals surface area contributed by atoms with Gasteiger partial charge in [-0.1, -0.05) is 19.0 Å². The molecule has 23 heavy (non-hydrogen) atoms. The van der Waals surface area contributed by atoms with Crippen LogP contribution in [-0.4, -0.2) is 40.1 Å². The van der Waals surface area contributed by atoms with Crippen molar-refractivity contribution in [3.05, 3.63) is 23.0 Å². The largest absolute Gasteiger partial charge is 0.339 e. The number of nitrogens with zero attached hydrogens (tertiary/aromatic N) is 3. The summed E-state index contributed by atoms with van der Waals surface area (Å²) in [5.74, 6) is 0.194. The van der Waals surface area contributed by atoms with E-state index in [-0.39, 0.29) is 30.3 Å². The molecule has 3 rings (SSSR count). The van der Waals surface area contributed by atoms with Crippen molar-refractivity contribution >= 4 is 29.4 Å². The van der Waals surface area contributed by atoms with E-state index in [0.29, 0.717) is 24.4 Å². The number of amides is 1. The van der Waals surface area contributed by atoms with E-state index < -0.39 is 0 Å². The molecule has 1 aliphatic heterocycles. The van der Waals surface area contributed by atoms with Gasteiger partial charge in [-0.25, -0.2) is 4.98 Å². The minimum absolute atomic E-state index is 0. The fraction of sp³-hybridized carbons (Fsp3) is 0.562. The molecule has 6 nitrogen and oxygen atoms in total. The highest BCUT2D eigenvalue weighted by Crippen LogP contribution is 2.28. The summed E-state index contributed by atoms with van der Waals surface area (Å²) in [5.41, 5.74) is 8.56. The summed E-state index contributed by atoms with van der Waals surface area (Å²) < 4.78 is 5.33. The molecule has 2 N–H and O–H groups in total. The Hall–Kier alpha value is -1.66. The van der Waals surface area contributed by atoms with Gasteiger partial charge in [0.1, 0.15) is 0 Å². The zero-order valence-electron chi connectivity index (χ0n) is 13.7. The van der Waals surface area contributed by atoms with Crippen molar-refractivity contribution in [2.45, 2.75) is 45.6 Å². The predicted molar refractivity (Wildman–Crippen MR) is 91.0 cm³/mol. The quantitative estimate of drug-likeness (QED) is 0.909. The number of pyridine rings is 1. The summed E-state index contributed by atoms with van der Waals surface area (Å²) in [6.45, 7) is 7.33. The van der Waals surface area contributed by atoms with Crippen molar-refractivity contribution in [1.82, 2.24) is 15.0 Å². The molecule has 1 fully saturated rings. The van der Waals surface area contributed by atoms with Gasteiger partial charge in [-0.3, -0.25) is 4.79 Å². The lowest BCUT2D eigenvalue weighted by Crippen LogP contribution is -2.43. The molecule has 0 aromatic carbocycles. The molecule has 0 bridgehead atoms. The highest BCUT2D eigenvalue weighted by Gasteiger charge is 2.26. The molecule has 0 spiro atoms. The minimum Gasteiger partial charge on any atom is -0.339 e. The summed E-state index contributed by atoms with van der Waals surface area (Å²) in [5, 5.41) is 4.86. The molecule has 126 valence electrons. The molecule has 2 aromatic rings. The van der Waals surface area contributed by atoms with Crippen molar-refractivity contribution in [1.29, 1.82) is 0 Å². The third-order valence-corrected chi connectivity index (χ3v) is 4.21. The van der Waals surface area contributed by atoms with Crippen LogP contribution in [0.4, 0.5) is 0 Å². The second-order valence-corrected chi connectivity index (χ2v) is 6.34. The van der Waals surface area contributed by atoms with Crippen LogP contribution in [0.25, 0.3) is 11.1 Å². The highest BCUT2D eigenvalue weighted by molar-refractivity contribution is 6.06. The van der Waals surface area contributed by atoms with Crippen LogP contribution in [0.3, 0.4) is 0 Å². The average Bonchev–Trinajstić information content (AvgIpc) is 2.90. The van der Waals surface area contributed by atoms with Crippen LogP contribution in [0.5, 0.6) is 0 Å². The number of aromatic nitrogens is 2. The van der Waals surface area contributed by atoms with Crippen LogP contribution in [-0.2, 0) is 0 Å². The molecule has 1 amide bonds. The van der Waals surface area contributed by atoms with Gasteiger partial charge in [0.25, 0.3) is 11.6 Å². The van der Waals surface area contributed by atoms with Crippen LogP contribution < -0.4 is 5.73 Å². The summed E-state index contributed by atoms with van der Waals surface area (Å²) in [6.07, 6.45) is 1.69. The number of carbonyl (C=O) groups excluding carboxylic acids is 1. The Balaban J connectivity index is 0.00000192. The van der Waals surface area contributed by atoms with E-state index in [4.69, 9.17) is 10.3 Å². The third kappa shape index (κ3) is 3.33. The van der Waals surface area contributed by atoms with Gasteiger partial charge in [0.15, 0.2) is 0 Å². The van der Waals surface area contributed by atoms with Gasteiger partial charge < -0.3 is 15.2 Å². The van der Waals surface area contributed by atoms with Gasteiger partial charge in [0.05, 0.1) is 16.6 Å². The molecular formula is C16H23ClN4O2. The van der Waals surface area contributed by atoms with Crippen LogP contribution in [0.1, 0.15) is 54.4 Å². The van der Waals surface area contributed by atoms with E-state index in [1.807, 2.05) is 31.7 Å². The maximum atomic E-state index is 12.9. The number of halogens is 1. The van der Waals surface area contributed by atoms with Gasteiger partial charge in [0.2, 0.25) is 0 Å².